The van der Waals surface area contributed by atoms with Crippen molar-refractivity contribution in [1.82, 2.24) is 4.90 Å². The van der Waals surface area contributed by atoms with Crippen molar-refractivity contribution in [3.05, 3.63) is 102 Å². The minimum absolute atomic E-state index is 0.0577. The van der Waals surface area contributed by atoms with Crippen LogP contribution in [0.25, 0.3) is 0 Å². The maximum Gasteiger partial charge on any atom is 0.173 e. The normalized spacial score (nSPS) is 10.9. The van der Waals surface area contributed by atoms with E-state index in [2.05, 4.69) is 96.9 Å². The fourth-order valence-electron chi connectivity index (χ4n) is 3.19. The molecule has 2 nitrogen and oxygen atoms in total. The summed E-state index contributed by atoms with van der Waals surface area (Å²) in [6.45, 7) is 4.40. The number of thiocarbonyl (C=S) groups is 1. The quantitative estimate of drug-likeness (QED) is 0.533. The van der Waals surface area contributed by atoms with E-state index in [1.807, 2.05) is 19.2 Å². The number of hydrogen-bond donors (Lipinski definition) is 1. The second kappa shape index (κ2) is 8.83. The van der Waals surface area contributed by atoms with Crippen molar-refractivity contribution < 1.29 is 0 Å². The van der Waals surface area contributed by atoms with E-state index in [1.165, 1.54) is 16.7 Å². The van der Waals surface area contributed by atoms with E-state index in [4.69, 9.17) is 12.2 Å². The second-order valence-electron chi connectivity index (χ2n) is 7.04. The Hall–Kier alpha value is -2.65. The van der Waals surface area contributed by atoms with Gasteiger partial charge in [0, 0.05) is 12.7 Å². The third-order valence-corrected chi connectivity index (χ3v) is 5.16. The highest BCUT2D eigenvalue weighted by atomic mass is 32.1. The van der Waals surface area contributed by atoms with Gasteiger partial charge in [0.25, 0.3) is 0 Å². The fraction of sp³-hybridized carbons (Fsp3) is 0.208. The molecule has 3 aromatic carbocycles. The molecule has 0 atom stereocenters. The molecule has 138 valence electrons. The maximum absolute atomic E-state index is 5.73. The molecule has 0 aromatic heterocycles. The summed E-state index contributed by atoms with van der Waals surface area (Å²) in [4.78, 5) is 2.12. The molecular weight excluding hydrogens is 348 g/mol. The SMILES string of the molecule is CC(C)c1ccc(NC(=S)N(C)C(c2ccccc2)c2ccccc2)cc1. The summed E-state index contributed by atoms with van der Waals surface area (Å²) >= 11 is 5.73. The molecule has 0 spiro atoms. The van der Waals surface area contributed by atoms with Crippen LogP contribution in [0.5, 0.6) is 0 Å². The van der Waals surface area contributed by atoms with Gasteiger partial charge in [-0.3, -0.25) is 0 Å². The third kappa shape index (κ3) is 4.75. The van der Waals surface area contributed by atoms with Crippen LogP contribution in [-0.4, -0.2) is 17.1 Å². The number of anilines is 1. The summed E-state index contributed by atoms with van der Waals surface area (Å²) < 4.78 is 0. The van der Waals surface area contributed by atoms with Crippen LogP contribution >= 0.6 is 12.2 Å². The van der Waals surface area contributed by atoms with E-state index in [-0.39, 0.29) is 6.04 Å². The number of rotatable bonds is 5. The van der Waals surface area contributed by atoms with Crippen LogP contribution in [0, 0.1) is 0 Å². The molecular formula is C24H26N2S. The first kappa shape index (κ1) is 19.1. The Morgan fingerprint density at radius 3 is 1.67 bits per heavy atom. The van der Waals surface area contributed by atoms with Gasteiger partial charge in [0.05, 0.1) is 6.04 Å². The molecule has 0 saturated heterocycles. The van der Waals surface area contributed by atoms with Crippen LogP contribution in [0.15, 0.2) is 84.9 Å². The molecule has 0 unspecified atom stereocenters. The van der Waals surface area contributed by atoms with Crippen molar-refractivity contribution in [3.63, 3.8) is 0 Å². The van der Waals surface area contributed by atoms with E-state index in [1.54, 1.807) is 0 Å². The van der Waals surface area contributed by atoms with Crippen LogP contribution in [-0.2, 0) is 0 Å². The zero-order valence-corrected chi connectivity index (χ0v) is 16.9. The van der Waals surface area contributed by atoms with Crippen molar-refractivity contribution in [2.24, 2.45) is 0 Å². The Balaban J connectivity index is 1.83. The van der Waals surface area contributed by atoms with Crippen molar-refractivity contribution in [3.8, 4) is 0 Å². The summed E-state index contributed by atoms with van der Waals surface area (Å²) in [6.07, 6.45) is 0. The highest BCUT2D eigenvalue weighted by molar-refractivity contribution is 7.80. The van der Waals surface area contributed by atoms with Crippen LogP contribution in [0.1, 0.15) is 42.5 Å². The number of nitrogens with one attached hydrogen (secondary N) is 1. The average Bonchev–Trinajstić information content (AvgIpc) is 2.70. The summed E-state index contributed by atoms with van der Waals surface area (Å²) in [5, 5.41) is 4.08. The lowest BCUT2D eigenvalue weighted by Crippen LogP contribution is -2.35. The van der Waals surface area contributed by atoms with Gasteiger partial charge < -0.3 is 10.2 Å². The fourth-order valence-corrected chi connectivity index (χ4v) is 3.41. The molecule has 3 heteroatoms. The van der Waals surface area contributed by atoms with Gasteiger partial charge in [-0.25, -0.2) is 0 Å². The predicted octanol–water partition coefficient (Wildman–Crippen LogP) is 6.23. The third-order valence-electron chi connectivity index (χ3n) is 4.77. The van der Waals surface area contributed by atoms with Gasteiger partial charge in [-0.15, -0.1) is 0 Å². The van der Waals surface area contributed by atoms with Crippen molar-refractivity contribution in [2.45, 2.75) is 25.8 Å². The lowest BCUT2D eigenvalue weighted by molar-refractivity contribution is 0.434. The van der Waals surface area contributed by atoms with Crippen LogP contribution in [0.4, 0.5) is 5.69 Å². The molecule has 3 aromatic rings. The van der Waals surface area contributed by atoms with Crippen molar-refractivity contribution in [1.29, 1.82) is 0 Å². The van der Waals surface area contributed by atoms with Gasteiger partial charge in [0.15, 0.2) is 5.11 Å². The minimum atomic E-state index is 0.0577. The minimum Gasteiger partial charge on any atom is -0.341 e. The summed E-state index contributed by atoms with van der Waals surface area (Å²) in [6, 6.07) is 29.5. The first-order chi connectivity index (χ1) is 13.1. The first-order valence-corrected chi connectivity index (χ1v) is 9.70. The second-order valence-corrected chi connectivity index (χ2v) is 7.43. The Bertz CT molecular complexity index is 818. The zero-order valence-electron chi connectivity index (χ0n) is 16.1. The van der Waals surface area contributed by atoms with Crippen LogP contribution in [0.2, 0.25) is 0 Å². The topological polar surface area (TPSA) is 15.3 Å². The molecule has 0 aliphatic rings. The van der Waals surface area contributed by atoms with E-state index in [0.717, 1.165) is 5.69 Å². The average molecular weight is 375 g/mol. The molecule has 0 amide bonds. The maximum atomic E-state index is 5.73. The van der Waals surface area contributed by atoms with Gasteiger partial charge in [0.1, 0.15) is 0 Å². The highest BCUT2D eigenvalue weighted by Gasteiger charge is 2.21. The number of nitrogens with zero attached hydrogens (tertiary/aromatic N) is 1. The summed E-state index contributed by atoms with van der Waals surface area (Å²) in [5.41, 5.74) is 4.76. The Labute approximate surface area is 167 Å². The van der Waals surface area contributed by atoms with Gasteiger partial charge in [-0.2, -0.15) is 0 Å². The van der Waals surface area contributed by atoms with E-state index >= 15 is 0 Å². The van der Waals surface area contributed by atoms with Gasteiger partial charge in [-0.1, -0.05) is 86.6 Å². The lowest BCUT2D eigenvalue weighted by atomic mass is 9.98. The van der Waals surface area contributed by atoms with Gasteiger partial charge >= 0.3 is 0 Å². The molecule has 0 aliphatic carbocycles. The Kier molecular flexibility index (Phi) is 6.25. The summed E-state index contributed by atoms with van der Waals surface area (Å²) in [7, 11) is 2.04. The molecule has 0 heterocycles. The molecule has 0 bridgehead atoms. The molecule has 0 radical (unpaired) electrons. The molecule has 0 aliphatic heterocycles. The predicted molar refractivity (Wildman–Crippen MR) is 119 cm³/mol. The van der Waals surface area contributed by atoms with Gasteiger partial charge in [0.2, 0.25) is 0 Å². The molecule has 0 saturated carbocycles. The number of benzene rings is 3. The zero-order chi connectivity index (χ0) is 19.2. The largest absolute Gasteiger partial charge is 0.341 e. The van der Waals surface area contributed by atoms with Crippen molar-refractivity contribution in [2.75, 3.05) is 12.4 Å². The molecule has 27 heavy (non-hydrogen) atoms. The standard InChI is InChI=1S/C24H26N2S/c1-18(2)19-14-16-22(17-15-19)25-24(27)26(3)23(20-10-6-4-7-11-20)21-12-8-5-9-13-21/h4-18,23H,1-3H3,(H,25,27). The summed E-state index contributed by atoms with van der Waals surface area (Å²) in [5.74, 6) is 0.522. The molecule has 1 N–H and O–H groups in total. The Morgan fingerprint density at radius 1 is 0.741 bits per heavy atom. The highest BCUT2D eigenvalue weighted by Crippen LogP contribution is 2.28. The van der Waals surface area contributed by atoms with Gasteiger partial charge in [-0.05, 0) is 47.0 Å². The Morgan fingerprint density at radius 2 is 1.22 bits per heavy atom. The van der Waals surface area contributed by atoms with Crippen LogP contribution in [0.3, 0.4) is 0 Å². The monoisotopic (exact) mass is 374 g/mol. The lowest BCUT2D eigenvalue weighted by Gasteiger charge is -2.31. The molecule has 0 fully saturated rings. The van der Waals surface area contributed by atoms with Crippen molar-refractivity contribution >= 4 is 23.0 Å². The van der Waals surface area contributed by atoms with Crippen LogP contribution < -0.4 is 5.32 Å². The van der Waals surface area contributed by atoms with E-state index in [9.17, 15) is 0 Å². The molecule has 3 rings (SSSR count). The first-order valence-electron chi connectivity index (χ1n) is 9.30. The number of hydrogen-bond acceptors (Lipinski definition) is 1. The van der Waals surface area contributed by atoms with E-state index < -0.39 is 0 Å². The van der Waals surface area contributed by atoms with E-state index in [0.29, 0.717) is 11.0 Å². The smallest absolute Gasteiger partial charge is 0.173 e.